The summed E-state index contributed by atoms with van der Waals surface area (Å²) in [6.45, 7) is 8.01. The lowest BCUT2D eigenvalue weighted by atomic mass is 9.87. The van der Waals surface area contributed by atoms with Gasteiger partial charge in [-0.05, 0) is 46.1 Å². The van der Waals surface area contributed by atoms with E-state index in [9.17, 15) is 9.59 Å². The number of hydrogen-bond acceptors (Lipinski definition) is 2. The largest absolute Gasteiger partial charge is 0.352 e. The van der Waals surface area contributed by atoms with Crippen molar-refractivity contribution in [1.29, 1.82) is 0 Å². The van der Waals surface area contributed by atoms with Crippen molar-refractivity contribution in [3.63, 3.8) is 0 Å². The second kappa shape index (κ2) is 8.50. The lowest BCUT2D eigenvalue weighted by Crippen LogP contribution is -2.53. The Morgan fingerprint density at radius 2 is 1.72 bits per heavy atom. The number of nitrogens with zero attached hydrogens (tertiary/aromatic N) is 1. The molecule has 0 bridgehead atoms. The zero-order valence-corrected chi connectivity index (χ0v) is 16.0. The second-order valence-electron chi connectivity index (χ2n) is 7.95. The molecule has 0 radical (unpaired) electrons. The molecule has 1 fully saturated rings. The maximum Gasteiger partial charge on any atom is 0.238 e. The summed E-state index contributed by atoms with van der Waals surface area (Å²) in [7, 11) is 0. The molecular formula is C21H32N2O2. The average Bonchev–Trinajstić information content (AvgIpc) is 2.60. The van der Waals surface area contributed by atoms with Crippen LogP contribution in [0, 0.1) is 5.41 Å². The predicted molar refractivity (Wildman–Crippen MR) is 101 cm³/mol. The molecule has 138 valence electrons. The number of amides is 2. The highest BCUT2D eigenvalue weighted by Crippen LogP contribution is 2.25. The Bertz CT molecular complexity index is 575. The zero-order chi connectivity index (χ0) is 18.4. The third kappa shape index (κ3) is 5.07. The van der Waals surface area contributed by atoms with Crippen LogP contribution in [0.5, 0.6) is 0 Å². The summed E-state index contributed by atoms with van der Waals surface area (Å²) in [4.78, 5) is 27.8. The maximum absolute atomic E-state index is 13.2. The molecule has 4 nitrogen and oxygen atoms in total. The van der Waals surface area contributed by atoms with Crippen LogP contribution in [0.4, 0.5) is 0 Å². The lowest BCUT2D eigenvalue weighted by molar-refractivity contribution is -0.150. The van der Waals surface area contributed by atoms with E-state index in [1.807, 2.05) is 44.2 Å². The minimum Gasteiger partial charge on any atom is -0.352 e. The summed E-state index contributed by atoms with van der Waals surface area (Å²) >= 11 is 0. The number of hydrogen-bond donors (Lipinski definition) is 1. The Balaban J connectivity index is 2.08. The van der Waals surface area contributed by atoms with Crippen LogP contribution in [0.25, 0.3) is 0 Å². The van der Waals surface area contributed by atoms with Gasteiger partial charge in [0.25, 0.3) is 0 Å². The van der Waals surface area contributed by atoms with Crippen molar-refractivity contribution in [3.05, 3.63) is 35.9 Å². The van der Waals surface area contributed by atoms with Gasteiger partial charge in [0, 0.05) is 18.6 Å². The van der Waals surface area contributed by atoms with Crippen LogP contribution in [-0.2, 0) is 16.1 Å². The lowest BCUT2D eigenvalue weighted by Gasteiger charge is -2.35. The van der Waals surface area contributed by atoms with E-state index in [4.69, 9.17) is 0 Å². The van der Waals surface area contributed by atoms with E-state index in [-0.39, 0.29) is 23.9 Å². The first-order chi connectivity index (χ1) is 11.8. The second-order valence-corrected chi connectivity index (χ2v) is 7.95. The first-order valence-corrected chi connectivity index (χ1v) is 9.48. The van der Waals surface area contributed by atoms with E-state index >= 15 is 0 Å². The quantitative estimate of drug-likeness (QED) is 0.796. The number of rotatable bonds is 6. The van der Waals surface area contributed by atoms with E-state index in [2.05, 4.69) is 5.32 Å². The van der Waals surface area contributed by atoms with Gasteiger partial charge in [0.2, 0.25) is 11.8 Å². The average molecular weight is 344 g/mol. The van der Waals surface area contributed by atoms with Crippen molar-refractivity contribution in [1.82, 2.24) is 10.2 Å². The first-order valence-electron chi connectivity index (χ1n) is 9.48. The third-order valence-corrected chi connectivity index (χ3v) is 5.12. The summed E-state index contributed by atoms with van der Waals surface area (Å²) in [5.41, 5.74) is 0.0179. The van der Waals surface area contributed by atoms with Gasteiger partial charge in [0.15, 0.2) is 0 Å². The molecular weight excluding hydrogens is 312 g/mol. The van der Waals surface area contributed by atoms with Crippen LogP contribution in [0.15, 0.2) is 30.3 Å². The molecule has 1 saturated carbocycles. The summed E-state index contributed by atoms with van der Waals surface area (Å²) in [5.74, 6) is -0.261. The fourth-order valence-corrected chi connectivity index (χ4v) is 3.34. The van der Waals surface area contributed by atoms with Gasteiger partial charge >= 0.3 is 0 Å². The highest BCUT2D eigenvalue weighted by molar-refractivity contribution is 6.04. The SMILES string of the molecule is CC(C)N(Cc1ccccc1)C(=O)C(C)(C)C(=O)NC1CCCCC1. The number of carbonyl (C=O) groups excluding carboxylic acids is 2. The predicted octanol–water partition coefficient (Wildman–Crippen LogP) is 3.90. The van der Waals surface area contributed by atoms with Crippen molar-refractivity contribution in [2.45, 2.75) is 78.4 Å². The van der Waals surface area contributed by atoms with E-state index in [1.165, 1.54) is 6.42 Å². The topological polar surface area (TPSA) is 49.4 Å². The van der Waals surface area contributed by atoms with Gasteiger partial charge in [-0.1, -0.05) is 49.6 Å². The van der Waals surface area contributed by atoms with Crippen LogP contribution < -0.4 is 5.32 Å². The van der Waals surface area contributed by atoms with E-state index in [1.54, 1.807) is 18.7 Å². The normalized spacial score (nSPS) is 15.9. The molecule has 1 N–H and O–H groups in total. The molecule has 1 aromatic rings. The van der Waals surface area contributed by atoms with Crippen molar-refractivity contribution < 1.29 is 9.59 Å². The molecule has 0 heterocycles. The van der Waals surface area contributed by atoms with Crippen molar-refractivity contribution in [2.24, 2.45) is 5.41 Å². The molecule has 25 heavy (non-hydrogen) atoms. The molecule has 1 aliphatic rings. The van der Waals surface area contributed by atoms with Gasteiger partial charge < -0.3 is 10.2 Å². The van der Waals surface area contributed by atoms with E-state index < -0.39 is 5.41 Å². The van der Waals surface area contributed by atoms with Crippen molar-refractivity contribution in [2.75, 3.05) is 0 Å². The summed E-state index contributed by atoms with van der Waals surface area (Å²) in [6.07, 6.45) is 5.60. The molecule has 0 aromatic heterocycles. The minimum absolute atomic E-state index is 0.0365. The molecule has 0 unspecified atom stereocenters. The van der Waals surface area contributed by atoms with Crippen molar-refractivity contribution >= 4 is 11.8 Å². The van der Waals surface area contributed by atoms with Crippen LogP contribution in [0.3, 0.4) is 0 Å². The first kappa shape index (κ1) is 19.5. The summed E-state index contributed by atoms with van der Waals surface area (Å²) in [6, 6.07) is 10.2. The molecule has 0 spiro atoms. The summed E-state index contributed by atoms with van der Waals surface area (Å²) < 4.78 is 0. The number of nitrogens with one attached hydrogen (secondary N) is 1. The van der Waals surface area contributed by atoms with E-state index in [0.29, 0.717) is 6.54 Å². The Labute approximate surface area is 152 Å². The zero-order valence-electron chi connectivity index (χ0n) is 16.0. The molecule has 4 heteroatoms. The van der Waals surface area contributed by atoms with Gasteiger partial charge in [-0.25, -0.2) is 0 Å². The third-order valence-electron chi connectivity index (χ3n) is 5.12. The fraction of sp³-hybridized carbons (Fsp3) is 0.619. The Morgan fingerprint density at radius 1 is 1.12 bits per heavy atom. The standard InChI is InChI=1S/C21H32N2O2/c1-16(2)23(15-17-11-7-5-8-12-17)20(25)21(3,4)19(24)22-18-13-9-6-10-14-18/h5,7-8,11-12,16,18H,6,9-10,13-15H2,1-4H3,(H,22,24). The van der Waals surface area contributed by atoms with E-state index in [0.717, 1.165) is 31.2 Å². The molecule has 1 aromatic carbocycles. The van der Waals surface area contributed by atoms with Crippen LogP contribution >= 0.6 is 0 Å². The van der Waals surface area contributed by atoms with Gasteiger partial charge in [-0.3, -0.25) is 9.59 Å². The number of carbonyl (C=O) groups is 2. The Kier molecular flexibility index (Phi) is 6.63. The molecule has 0 aliphatic heterocycles. The fourth-order valence-electron chi connectivity index (χ4n) is 3.34. The molecule has 2 rings (SSSR count). The van der Waals surface area contributed by atoms with Gasteiger partial charge in [0.1, 0.15) is 5.41 Å². The molecule has 0 saturated heterocycles. The van der Waals surface area contributed by atoms with Crippen LogP contribution in [0.2, 0.25) is 0 Å². The maximum atomic E-state index is 13.2. The van der Waals surface area contributed by atoms with Gasteiger partial charge in [0.05, 0.1) is 0 Å². The Morgan fingerprint density at radius 3 is 2.28 bits per heavy atom. The molecule has 0 atom stereocenters. The molecule has 2 amide bonds. The Hall–Kier alpha value is -1.84. The van der Waals surface area contributed by atoms with Gasteiger partial charge in [-0.15, -0.1) is 0 Å². The highest BCUT2D eigenvalue weighted by Gasteiger charge is 2.40. The van der Waals surface area contributed by atoms with Gasteiger partial charge in [-0.2, -0.15) is 0 Å². The van der Waals surface area contributed by atoms with Crippen LogP contribution in [0.1, 0.15) is 65.4 Å². The highest BCUT2D eigenvalue weighted by atomic mass is 16.2. The smallest absolute Gasteiger partial charge is 0.238 e. The molecule has 1 aliphatic carbocycles. The summed E-state index contributed by atoms with van der Waals surface area (Å²) in [5, 5.41) is 3.11. The number of benzene rings is 1. The van der Waals surface area contributed by atoms with Crippen LogP contribution in [-0.4, -0.2) is 28.8 Å². The monoisotopic (exact) mass is 344 g/mol. The van der Waals surface area contributed by atoms with Crippen molar-refractivity contribution in [3.8, 4) is 0 Å². The minimum atomic E-state index is -1.06.